The molecule has 2 aromatic rings. The van der Waals surface area contributed by atoms with Crippen molar-refractivity contribution in [3.05, 3.63) is 52.6 Å². The number of carbonyl (C=O) groups is 1. The second-order valence-corrected chi connectivity index (χ2v) is 4.79. The maximum absolute atomic E-state index is 13.0. The Kier molecular flexibility index (Phi) is 4.97. The number of terminal acetylenes is 1. The summed E-state index contributed by atoms with van der Waals surface area (Å²) in [5.41, 5.74) is 1.89. The van der Waals surface area contributed by atoms with Crippen LogP contribution in [-0.2, 0) is 4.79 Å². The summed E-state index contributed by atoms with van der Waals surface area (Å²) in [5.74, 6) is 1.66. The zero-order chi connectivity index (χ0) is 16.1. The number of aromatic nitrogens is 2. The quantitative estimate of drug-likeness (QED) is 0.696. The van der Waals surface area contributed by atoms with Crippen molar-refractivity contribution < 1.29 is 9.18 Å². The van der Waals surface area contributed by atoms with E-state index in [9.17, 15) is 9.18 Å². The van der Waals surface area contributed by atoms with Crippen LogP contribution in [0.4, 0.5) is 4.39 Å². The topological polar surface area (TPSA) is 46.9 Å². The normalized spacial score (nSPS) is 10.6. The monoisotopic (exact) mass is 317 g/mol. The molecule has 22 heavy (non-hydrogen) atoms. The third-order valence-electron chi connectivity index (χ3n) is 2.89. The first kappa shape index (κ1) is 15.8. The molecule has 1 heterocycles. The van der Waals surface area contributed by atoms with Crippen LogP contribution in [0, 0.1) is 25.1 Å². The van der Waals surface area contributed by atoms with E-state index in [2.05, 4.69) is 16.3 Å². The van der Waals surface area contributed by atoms with E-state index in [1.54, 1.807) is 25.1 Å². The predicted molar refractivity (Wildman–Crippen MR) is 84.1 cm³/mol. The second kappa shape index (κ2) is 6.92. The van der Waals surface area contributed by atoms with Crippen molar-refractivity contribution in [2.75, 3.05) is 6.54 Å². The minimum Gasteiger partial charge on any atom is -0.342 e. The van der Waals surface area contributed by atoms with Crippen LogP contribution in [0.5, 0.6) is 0 Å². The van der Waals surface area contributed by atoms with Gasteiger partial charge in [-0.15, -0.1) is 6.42 Å². The van der Waals surface area contributed by atoms with E-state index in [-0.39, 0.29) is 18.3 Å². The third kappa shape index (κ3) is 3.54. The summed E-state index contributed by atoms with van der Waals surface area (Å²) in [5, 5.41) is 7.15. The van der Waals surface area contributed by atoms with Gasteiger partial charge >= 0.3 is 0 Å². The number of amides is 1. The molecule has 1 N–H and O–H groups in total. The van der Waals surface area contributed by atoms with Crippen LogP contribution in [-0.4, -0.2) is 22.2 Å². The molecule has 0 unspecified atom stereocenters. The number of hydrogen-bond acceptors (Lipinski definition) is 2. The van der Waals surface area contributed by atoms with Gasteiger partial charge in [0.1, 0.15) is 11.0 Å². The lowest BCUT2D eigenvalue weighted by Crippen LogP contribution is -2.20. The van der Waals surface area contributed by atoms with Crippen LogP contribution in [0.3, 0.4) is 0 Å². The lowest BCUT2D eigenvalue weighted by Gasteiger charge is -2.02. The van der Waals surface area contributed by atoms with Crippen LogP contribution < -0.4 is 5.32 Å². The molecule has 1 aromatic heterocycles. The molecule has 0 aliphatic carbocycles. The molecule has 1 aromatic carbocycles. The summed E-state index contributed by atoms with van der Waals surface area (Å²) in [6.45, 7) is 1.93. The lowest BCUT2D eigenvalue weighted by atomic mass is 10.2. The fourth-order valence-electron chi connectivity index (χ4n) is 1.81. The van der Waals surface area contributed by atoms with Gasteiger partial charge < -0.3 is 5.32 Å². The highest BCUT2D eigenvalue weighted by atomic mass is 35.5. The average molecular weight is 318 g/mol. The number of hydrogen-bond donors (Lipinski definition) is 1. The van der Waals surface area contributed by atoms with Crippen LogP contribution in [0.15, 0.2) is 30.3 Å². The highest BCUT2D eigenvalue weighted by molar-refractivity contribution is 6.31. The zero-order valence-corrected chi connectivity index (χ0v) is 12.6. The fraction of sp³-hybridized carbons (Fsp3) is 0.125. The van der Waals surface area contributed by atoms with Crippen LogP contribution in [0.25, 0.3) is 11.8 Å². The Morgan fingerprint density at radius 3 is 2.82 bits per heavy atom. The maximum atomic E-state index is 13.0. The van der Waals surface area contributed by atoms with E-state index in [4.69, 9.17) is 18.0 Å². The third-order valence-corrected chi connectivity index (χ3v) is 3.25. The smallest absolute Gasteiger partial charge is 0.244 e. The van der Waals surface area contributed by atoms with Crippen LogP contribution >= 0.6 is 11.6 Å². The fourth-order valence-corrected chi connectivity index (χ4v) is 2.15. The summed E-state index contributed by atoms with van der Waals surface area (Å²) < 4.78 is 14.4. The van der Waals surface area contributed by atoms with Gasteiger partial charge in [-0.1, -0.05) is 17.5 Å². The summed E-state index contributed by atoms with van der Waals surface area (Å²) in [7, 11) is 0. The molecule has 0 bridgehead atoms. The summed E-state index contributed by atoms with van der Waals surface area (Å²) in [4.78, 5) is 11.5. The Labute approximate surface area is 132 Å². The Balaban J connectivity index is 2.28. The van der Waals surface area contributed by atoms with Crippen molar-refractivity contribution in [2.24, 2.45) is 0 Å². The van der Waals surface area contributed by atoms with Gasteiger partial charge in [-0.25, -0.2) is 9.07 Å². The molecule has 0 atom stereocenters. The first-order chi connectivity index (χ1) is 10.5. The summed E-state index contributed by atoms with van der Waals surface area (Å²) in [6, 6.07) is 5.79. The largest absolute Gasteiger partial charge is 0.342 e. The highest BCUT2D eigenvalue weighted by Crippen LogP contribution is 2.24. The number of aryl methyl sites for hydroxylation is 1. The molecular weight excluding hydrogens is 305 g/mol. The van der Waals surface area contributed by atoms with Crippen molar-refractivity contribution in [3.8, 4) is 18.0 Å². The lowest BCUT2D eigenvalue weighted by molar-refractivity contribution is -0.116. The Bertz CT molecular complexity index is 757. The molecule has 112 valence electrons. The summed E-state index contributed by atoms with van der Waals surface area (Å²) >= 11 is 6.28. The Morgan fingerprint density at radius 1 is 1.50 bits per heavy atom. The molecule has 0 aliphatic rings. The van der Waals surface area contributed by atoms with Gasteiger partial charge in [0.2, 0.25) is 5.91 Å². The van der Waals surface area contributed by atoms with Gasteiger partial charge in [-0.2, -0.15) is 5.10 Å². The van der Waals surface area contributed by atoms with Gasteiger partial charge in [0.05, 0.1) is 17.9 Å². The van der Waals surface area contributed by atoms with E-state index < -0.39 is 0 Å². The molecule has 0 aliphatic heterocycles. The molecule has 0 fully saturated rings. The zero-order valence-electron chi connectivity index (χ0n) is 11.8. The molecule has 0 saturated heterocycles. The minimum absolute atomic E-state index is 0.157. The first-order valence-electron chi connectivity index (χ1n) is 6.43. The second-order valence-electron chi connectivity index (χ2n) is 4.43. The Hall–Kier alpha value is -2.58. The van der Waals surface area contributed by atoms with E-state index in [1.165, 1.54) is 22.9 Å². The van der Waals surface area contributed by atoms with Gasteiger partial charge in [-0.3, -0.25) is 4.79 Å². The highest BCUT2D eigenvalue weighted by Gasteiger charge is 2.12. The molecule has 0 saturated carbocycles. The van der Waals surface area contributed by atoms with E-state index in [1.807, 2.05) is 0 Å². The van der Waals surface area contributed by atoms with Crippen molar-refractivity contribution in [1.82, 2.24) is 15.1 Å². The summed E-state index contributed by atoms with van der Waals surface area (Å²) in [6.07, 6.45) is 7.96. The SMILES string of the molecule is C#CCNC(=O)/C=C/c1c(C)nn(-c2ccc(F)cc2)c1Cl. The molecule has 6 heteroatoms. The molecular formula is C16H13ClFN3O. The van der Waals surface area contributed by atoms with Crippen molar-refractivity contribution in [3.63, 3.8) is 0 Å². The van der Waals surface area contributed by atoms with Crippen LogP contribution in [0.1, 0.15) is 11.3 Å². The molecule has 2 rings (SSSR count). The minimum atomic E-state index is -0.339. The first-order valence-corrected chi connectivity index (χ1v) is 6.81. The number of carbonyl (C=O) groups excluding carboxylic acids is 1. The molecule has 0 radical (unpaired) electrons. The van der Waals surface area contributed by atoms with E-state index in [0.29, 0.717) is 22.1 Å². The molecule has 0 spiro atoms. The van der Waals surface area contributed by atoms with Crippen molar-refractivity contribution >= 4 is 23.6 Å². The molecule has 4 nitrogen and oxygen atoms in total. The van der Waals surface area contributed by atoms with Crippen LogP contribution in [0.2, 0.25) is 5.15 Å². The maximum Gasteiger partial charge on any atom is 0.244 e. The predicted octanol–water partition coefficient (Wildman–Crippen LogP) is 2.74. The van der Waals surface area contributed by atoms with Gasteiger partial charge in [0.15, 0.2) is 0 Å². The number of rotatable bonds is 4. The number of nitrogens with one attached hydrogen (secondary N) is 1. The van der Waals surface area contributed by atoms with E-state index in [0.717, 1.165) is 0 Å². The van der Waals surface area contributed by atoms with Crippen molar-refractivity contribution in [1.29, 1.82) is 0 Å². The Morgan fingerprint density at radius 2 is 2.18 bits per heavy atom. The van der Waals surface area contributed by atoms with Gasteiger partial charge in [0.25, 0.3) is 0 Å². The number of nitrogens with zero attached hydrogens (tertiary/aromatic N) is 2. The van der Waals surface area contributed by atoms with E-state index >= 15 is 0 Å². The average Bonchev–Trinajstić information content (AvgIpc) is 2.78. The van der Waals surface area contributed by atoms with Crippen molar-refractivity contribution in [2.45, 2.75) is 6.92 Å². The standard InChI is InChI=1S/C16H13ClFN3O/c1-3-10-19-15(22)9-8-14-11(2)20-21(16(14)17)13-6-4-12(18)5-7-13/h1,4-9H,10H2,2H3,(H,19,22)/b9-8+. The van der Waals surface area contributed by atoms with Gasteiger partial charge in [0, 0.05) is 11.6 Å². The number of benzene rings is 1. The van der Waals surface area contributed by atoms with Gasteiger partial charge in [-0.05, 0) is 37.3 Å². The number of halogens is 2. The molecule has 1 amide bonds.